The fraction of sp³-hybridized carbons (Fsp3) is 0.875. The zero-order valence-corrected chi connectivity index (χ0v) is 13.5. The molecule has 1 aliphatic rings. The minimum atomic E-state index is -0.669. The molecule has 1 saturated carbocycles. The third kappa shape index (κ3) is 5.93. The van der Waals surface area contributed by atoms with Crippen LogP contribution in [0, 0.1) is 11.8 Å². The Kier molecular flexibility index (Phi) is 8.42. The molecular formula is C16H28O6. The quantitative estimate of drug-likeness (QED) is 0.658. The van der Waals surface area contributed by atoms with Gasteiger partial charge in [0.1, 0.15) is 13.2 Å². The van der Waals surface area contributed by atoms with Crippen LogP contribution < -0.4 is 0 Å². The molecule has 0 amide bonds. The van der Waals surface area contributed by atoms with Crippen molar-refractivity contribution in [1.29, 1.82) is 0 Å². The average Bonchev–Trinajstić information content (AvgIpc) is 2.56. The van der Waals surface area contributed by atoms with Crippen molar-refractivity contribution < 1.29 is 29.3 Å². The highest BCUT2D eigenvalue weighted by Crippen LogP contribution is 2.32. The molecule has 2 N–H and O–H groups in total. The predicted octanol–water partition coefficient (Wildman–Crippen LogP) is 1.42. The summed E-state index contributed by atoms with van der Waals surface area (Å²) in [6.07, 6.45) is 2.62. The van der Waals surface area contributed by atoms with E-state index in [0.29, 0.717) is 25.7 Å². The summed E-state index contributed by atoms with van der Waals surface area (Å²) in [7, 11) is 0. The maximum absolute atomic E-state index is 12.1. The van der Waals surface area contributed by atoms with Crippen LogP contribution in [0.15, 0.2) is 0 Å². The lowest BCUT2D eigenvalue weighted by Crippen LogP contribution is -2.36. The van der Waals surface area contributed by atoms with E-state index in [9.17, 15) is 19.8 Å². The Hall–Kier alpha value is -1.14. The van der Waals surface area contributed by atoms with Crippen molar-refractivity contribution in [3.05, 3.63) is 0 Å². The lowest BCUT2D eigenvalue weighted by molar-refractivity contribution is -0.165. The fourth-order valence-corrected chi connectivity index (χ4v) is 2.50. The Bertz CT molecular complexity index is 323. The van der Waals surface area contributed by atoms with Gasteiger partial charge in [0.25, 0.3) is 0 Å². The lowest BCUT2D eigenvalue weighted by Gasteiger charge is -2.28. The smallest absolute Gasteiger partial charge is 0.309 e. The summed E-state index contributed by atoms with van der Waals surface area (Å²) in [5, 5.41) is 18.9. The van der Waals surface area contributed by atoms with Crippen LogP contribution in [0.25, 0.3) is 0 Å². The van der Waals surface area contributed by atoms with Gasteiger partial charge in [0.15, 0.2) is 0 Å². The minimum absolute atomic E-state index is 0.0395. The van der Waals surface area contributed by atoms with Crippen molar-refractivity contribution in [2.75, 3.05) is 13.2 Å². The molecule has 1 rings (SSSR count). The summed E-state index contributed by atoms with van der Waals surface area (Å²) in [6, 6.07) is 0. The summed E-state index contributed by atoms with van der Waals surface area (Å²) < 4.78 is 10.2. The number of carbonyl (C=O) groups excluding carboxylic acids is 2. The van der Waals surface area contributed by atoms with Gasteiger partial charge in [-0.1, -0.05) is 26.7 Å². The van der Waals surface area contributed by atoms with Crippen LogP contribution in [0.2, 0.25) is 0 Å². The molecule has 0 bridgehead atoms. The number of aliphatic hydroxyl groups is 2. The monoisotopic (exact) mass is 316 g/mol. The van der Waals surface area contributed by atoms with Crippen molar-refractivity contribution in [3.63, 3.8) is 0 Å². The van der Waals surface area contributed by atoms with Gasteiger partial charge in [0.05, 0.1) is 24.0 Å². The second-order valence-electron chi connectivity index (χ2n) is 5.88. The fourth-order valence-electron chi connectivity index (χ4n) is 2.50. The van der Waals surface area contributed by atoms with E-state index in [4.69, 9.17) is 9.47 Å². The van der Waals surface area contributed by atoms with Gasteiger partial charge in [-0.3, -0.25) is 9.59 Å². The molecule has 0 radical (unpaired) electrons. The van der Waals surface area contributed by atoms with Crippen molar-refractivity contribution >= 4 is 11.9 Å². The Morgan fingerprint density at radius 1 is 0.909 bits per heavy atom. The first-order chi connectivity index (χ1) is 10.5. The molecule has 128 valence electrons. The molecule has 0 aromatic rings. The second-order valence-corrected chi connectivity index (χ2v) is 5.88. The Morgan fingerprint density at radius 3 is 1.59 bits per heavy atom. The van der Waals surface area contributed by atoms with Crippen molar-refractivity contribution in [3.8, 4) is 0 Å². The highest BCUT2D eigenvalue weighted by molar-refractivity contribution is 5.82. The largest absolute Gasteiger partial charge is 0.463 e. The first-order valence-electron chi connectivity index (χ1n) is 8.18. The van der Waals surface area contributed by atoms with Gasteiger partial charge < -0.3 is 19.7 Å². The van der Waals surface area contributed by atoms with E-state index in [1.165, 1.54) is 0 Å². The average molecular weight is 316 g/mol. The first kappa shape index (κ1) is 18.9. The molecule has 4 atom stereocenters. The predicted molar refractivity (Wildman–Crippen MR) is 80.0 cm³/mol. The van der Waals surface area contributed by atoms with Gasteiger partial charge in [-0.2, -0.15) is 0 Å². The number of esters is 2. The van der Waals surface area contributed by atoms with Gasteiger partial charge in [0, 0.05) is 0 Å². The van der Waals surface area contributed by atoms with Gasteiger partial charge >= 0.3 is 11.9 Å². The molecular weight excluding hydrogens is 288 g/mol. The van der Waals surface area contributed by atoms with Gasteiger partial charge in [-0.05, 0) is 25.7 Å². The molecule has 4 unspecified atom stereocenters. The van der Waals surface area contributed by atoms with E-state index in [-0.39, 0.29) is 13.2 Å². The Balaban J connectivity index is 2.54. The first-order valence-corrected chi connectivity index (χ1v) is 8.18. The topological polar surface area (TPSA) is 93.1 Å². The normalized spacial score (nSPS) is 24.4. The molecule has 0 spiro atoms. The molecule has 6 nitrogen and oxygen atoms in total. The van der Waals surface area contributed by atoms with Gasteiger partial charge in [-0.15, -0.1) is 0 Å². The molecule has 1 aliphatic carbocycles. The minimum Gasteiger partial charge on any atom is -0.463 e. The number of carbonyl (C=O) groups is 2. The van der Waals surface area contributed by atoms with Crippen LogP contribution in [0.4, 0.5) is 0 Å². The molecule has 0 aromatic heterocycles. The zero-order chi connectivity index (χ0) is 16.5. The van der Waals surface area contributed by atoms with E-state index in [1.54, 1.807) is 13.8 Å². The van der Waals surface area contributed by atoms with Gasteiger partial charge in [0.2, 0.25) is 0 Å². The van der Waals surface area contributed by atoms with Crippen LogP contribution in [0.5, 0.6) is 0 Å². The van der Waals surface area contributed by atoms with E-state index in [2.05, 4.69) is 0 Å². The second kappa shape index (κ2) is 9.79. The maximum atomic E-state index is 12.1. The lowest BCUT2D eigenvalue weighted by atomic mass is 9.79. The SMILES string of the molecule is CCC(O)COC(=O)C1CCCCC1C(=O)OCC(O)CC. The molecule has 0 saturated heterocycles. The molecule has 0 aromatic carbocycles. The number of rotatable bonds is 8. The van der Waals surface area contributed by atoms with E-state index < -0.39 is 36.0 Å². The summed E-state index contributed by atoms with van der Waals surface area (Å²) in [4.78, 5) is 24.3. The van der Waals surface area contributed by atoms with Crippen LogP contribution in [0.3, 0.4) is 0 Å². The third-order valence-electron chi connectivity index (χ3n) is 4.15. The van der Waals surface area contributed by atoms with Crippen LogP contribution in [0.1, 0.15) is 52.4 Å². The molecule has 22 heavy (non-hydrogen) atoms. The third-order valence-corrected chi connectivity index (χ3v) is 4.15. The Labute approximate surface area is 131 Å². The molecule has 6 heteroatoms. The maximum Gasteiger partial charge on any atom is 0.309 e. The van der Waals surface area contributed by atoms with E-state index >= 15 is 0 Å². The van der Waals surface area contributed by atoms with Gasteiger partial charge in [-0.25, -0.2) is 0 Å². The highest BCUT2D eigenvalue weighted by Gasteiger charge is 2.38. The molecule has 1 fully saturated rings. The standard InChI is InChI=1S/C16H28O6/c1-3-11(17)9-21-15(19)13-7-5-6-8-14(13)16(20)22-10-12(18)4-2/h11-14,17-18H,3-10H2,1-2H3. The van der Waals surface area contributed by atoms with Crippen LogP contribution in [-0.2, 0) is 19.1 Å². The summed E-state index contributed by atoms with van der Waals surface area (Å²) in [6.45, 7) is 3.53. The number of ether oxygens (including phenoxy) is 2. The number of hydrogen-bond donors (Lipinski definition) is 2. The zero-order valence-electron chi connectivity index (χ0n) is 13.5. The Morgan fingerprint density at radius 2 is 1.27 bits per heavy atom. The summed E-state index contributed by atoms with van der Waals surface area (Å²) in [5.74, 6) is -1.90. The van der Waals surface area contributed by atoms with E-state index in [1.807, 2.05) is 0 Å². The summed E-state index contributed by atoms with van der Waals surface area (Å²) >= 11 is 0. The van der Waals surface area contributed by atoms with Crippen LogP contribution >= 0.6 is 0 Å². The van der Waals surface area contributed by atoms with Crippen LogP contribution in [-0.4, -0.2) is 47.6 Å². The number of aliphatic hydroxyl groups excluding tert-OH is 2. The number of hydrogen-bond acceptors (Lipinski definition) is 6. The molecule has 0 heterocycles. The highest BCUT2D eigenvalue weighted by atomic mass is 16.5. The van der Waals surface area contributed by atoms with Crippen molar-refractivity contribution in [1.82, 2.24) is 0 Å². The van der Waals surface area contributed by atoms with Crippen molar-refractivity contribution in [2.45, 2.75) is 64.6 Å². The molecule has 0 aliphatic heterocycles. The van der Waals surface area contributed by atoms with E-state index in [0.717, 1.165) is 12.8 Å². The summed E-state index contributed by atoms with van der Waals surface area (Å²) in [5.41, 5.74) is 0. The van der Waals surface area contributed by atoms with Crippen molar-refractivity contribution in [2.24, 2.45) is 11.8 Å².